The zero-order valence-electron chi connectivity index (χ0n) is 34.2. The van der Waals surface area contributed by atoms with Crippen LogP contribution in [0.1, 0.15) is 219 Å². The van der Waals surface area contributed by atoms with Crippen LogP contribution in [0.2, 0.25) is 0 Å². The Labute approximate surface area is 342 Å². The zero-order valence-corrected chi connectivity index (χ0v) is 37.1. The fourth-order valence-electron chi connectivity index (χ4n) is 6.87. The molecule has 0 aliphatic carbocycles. The standard InChI is InChI=1S/C41H82NO8P.Na/c1-3-5-7-9-11-13-15-17-19-21-23-25-27-29-31-33-38(44)41(40(46)37-43,50-51(47,48)49-36-35-42)39(45)34-32-30-28-26-24-22-20-18-16-14-12-10-8-6-4-2;/h40,43,46H,3-37,42H2,1-2H3,(H,47,48);/q;+1/p-1/t40-;/m0./s1. The first-order valence-electron chi connectivity index (χ1n) is 21.4. The van der Waals surface area contributed by atoms with E-state index in [1.165, 1.54) is 128 Å². The molecule has 0 fully saturated rings. The molecule has 0 radical (unpaired) electrons. The summed E-state index contributed by atoms with van der Waals surface area (Å²) < 4.78 is 22.6. The Morgan fingerprint density at radius 1 is 0.596 bits per heavy atom. The van der Waals surface area contributed by atoms with Gasteiger partial charge in [0.25, 0.3) is 7.82 Å². The number of aliphatic hydroxyl groups excluding tert-OH is 2. The minimum Gasteiger partial charge on any atom is -0.756 e. The van der Waals surface area contributed by atoms with Gasteiger partial charge in [-0.15, -0.1) is 0 Å². The number of unbranched alkanes of at least 4 members (excludes halogenated alkanes) is 28. The van der Waals surface area contributed by atoms with Crippen molar-refractivity contribution in [3.05, 3.63) is 0 Å². The Bertz CT molecular complexity index is 819. The molecule has 52 heavy (non-hydrogen) atoms. The van der Waals surface area contributed by atoms with E-state index in [1.54, 1.807) is 0 Å². The fourth-order valence-corrected chi connectivity index (χ4v) is 7.93. The predicted molar refractivity (Wildman–Crippen MR) is 209 cm³/mol. The second kappa shape index (κ2) is 38.2. The maximum absolute atomic E-state index is 13.6. The monoisotopic (exact) mass is 770 g/mol. The van der Waals surface area contributed by atoms with Gasteiger partial charge in [-0.2, -0.15) is 0 Å². The first-order valence-corrected chi connectivity index (χ1v) is 22.9. The molecular weight excluding hydrogens is 688 g/mol. The Balaban J connectivity index is 0. The molecule has 0 aliphatic rings. The molecule has 0 saturated heterocycles. The molecule has 0 bridgehead atoms. The summed E-state index contributed by atoms with van der Waals surface area (Å²) in [5.74, 6) is -1.67. The van der Waals surface area contributed by atoms with Gasteiger partial charge in [-0.25, -0.2) is 0 Å². The quantitative estimate of drug-likeness (QED) is 0.0253. The van der Waals surface area contributed by atoms with E-state index in [0.29, 0.717) is 12.8 Å². The molecular formula is C41H81NNaO8P. The first kappa shape index (κ1) is 54.4. The molecule has 0 aromatic carbocycles. The number of hydrogen-bond donors (Lipinski definition) is 3. The third kappa shape index (κ3) is 28.7. The van der Waals surface area contributed by atoms with E-state index in [0.717, 1.165) is 51.4 Å². The summed E-state index contributed by atoms with van der Waals surface area (Å²) in [5.41, 5.74) is 2.65. The van der Waals surface area contributed by atoms with Crippen LogP contribution in [0.3, 0.4) is 0 Å². The van der Waals surface area contributed by atoms with Crippen molar-refractivity contribution in [1.29, 1.82) is 0 Å². The maximum atomic E-state index is 13.6. The summed E-state index contributed by atoms with van der Waals surface area (Å²) in [6.45, 7) is 2.96. The van der Waals surface area contributed by atoms with Gasteiger partial charge in [0.15, 0.2) is 11.6 Å². The number of Topliss-reactive ketones (excluding diaryl/α,β-unsaturated/α-hetero) is 2. The fraction of sp³-hybridized carbons (Fsp3) is 0.951. The molecule has 4 N–H and O–H groups in total. The van der Waals surface area contributed by atoms with Crippen molar-refractivity contribution in [3.8, 4) is 0 Å². The van der Waals surface area contributed by atoms with Crippen molar-refractivity contribution in [1.82, 2.24) is 0 Å². The number of phosphoric ester groups is 1. The maximum Gasteiger partial charge on any atom is 1.00 e. The Morgan fingerprint density at radius 3 is 1.12 bits per heavy atom. The van der Waals surface area contributed by atoms with E-state index in [4.69, 9.17) is 14.8 Å². The number of carbonyl (C=O) groups excluding carboxylic acids is 2. The summed E-state index contributed by atoms with van der Waals surface area (Å²) in [7, 11) is -5.20. The van der Waals surface area contributed by atoms with Gasteiger partial charge in [0.2, 0.25) is 5.60 Å². The van der Waals surface area contributed by atoms with Crippen LogP contribution in [0.15, 0.2) is 0 Å². The van der Waals surface area contributed by atoms with Gasteiger partial charge in [0.1, 0.15) is 6.10 Å². The number of rotatable bonds is 41. The summed E-state index contributed by atoms with van der Waals surface area (Å²) in [6, 6.07) is 0. The molecule has 0 heterocycles. The van der Waals surface area contributed by atoms with Gasteiger partial charge >= 0.3 is 29.6 Å². The van der Waals surface area contributed by atoms with Crippen molar-refractivity contribution in [2.24, 2.45) is 5.73 Å². The molecule has 11 heteroatoms. The van der Waals surface area contributed by atoms with Crippen molar-refractivity contribution in [3.63, 3.8) is 0 Å². The largest absolute Gasteiger partial charge is 1.00 e. The molecule has 1 unspecified atom stereocenters. The van der Waals surface area contributed by atoms with E-state index in [1.807, 2.05) is 0 Å². The topological polar surface area (TPSA) is 159 Å². The molecule has 0 rings (SSSR count). The summed E-state index contributed by atoms with van der Waals surface area (Å²) in [4.78, 5) is 39.9. The molecule has 304 valence electrons. The number of nitrogens with two attached hydrogens (primary N) is 1. The molecule has 0 aliphatic heterocycles. The Hall–Kier alpha value is 0.330. The van der Waals surface area contributed by atoms with Gasteiger partial charge in [-0.05, 0) is 12.8 Å². The number of aliphatic hydroxyl groups is 2. The number of ketones is 2. The molecule has 9 nitrogen and oxygen atoms in total. The van der Waals surface area contributed by atoms with Gasteiger partial charge in [-0.1, -0.05) is 194 Å². The third-order valence-corrected chi connectivity index (χ3v) is 11.1. The molecule has 0 aromatic heterocycles. The zero-order chi connectivity index (χ0) is 37.9. The van der Waals surface area contributed by atoms with Gasteiger partial charge in [-0.3, -0.25) is 18.7 Å². The van der Waals surface area contributed by atoms with Crippen LogP contribution in [0.4, 0.5) is 0 Å². The number of hydrogen-bond acceptors (Lipinski definition) is 9. The van der Waals surface area contributed by atoms with Crippen molar-refractivity contribution >= 4 is 19.4 Å². The third-order valence-electron chi connectivity index (χ3n) is 10.1. The second-order valence-corrected chi connectivity index (χ2v) is 16.2. The van der Waals surface area contributed by atoms with Crippen LogP contribution in [0.5, 0.6) is 0 Å². The molecule has 2 atom stereocenters. The average molecular weight is 770 g/mol. The van der Waals surface area contributed by atoms with Crippen LogP contribution in [0, 0.1) is 0 Å². The summed E-state index contributed by atoms with van der Waals surface area (Å²) in [5, 5.41) is 20.7. The van der Waals surface area contributed by atoms with E-state index < -0.39 is 44.3 Å². The minimum atomic E-state index is -5.20. The summed E-state index contributed by atoms with van der Waals surface area (Å²) in [6.07, 6.45) is 32.3. The van der Waals surface area contributed by atoms with E-state index in [2.05, 4.69) is 13.8 Å². The number of carbonyl (C=O) groups is 2. The van der Waals surface area contributed by atoms with Crippen molar-refractivity contribution in [2.45, 2.75) is 231 Å². The van der Waals surface area contributed by atoms with Gasteiger partial charge < -0.3 is 25.4 Å². The van der Waals surface area contributed by atoms with Crippen molar-refractivity contribution in [2.75, 3.05) is 19.8 Å². The Kier molecular flexibility index (Phi) is 40.0. The van der Waals surface area contributed by atoms with Crippen molar-refractivity contribution < 1.29 is 67.9 Å². The minimum absolute atomic E-state index is 0. The van der Waals surface area contributed by atoms with E-state index in [9.17, 15) is 29.3 Å². The molecule has 0 aromatic rings. The Morgan fingerprint density at radius 2 is 0.865 bits per heavy atom. The van der Waals surface area contributed by atoms with Crippen LogP contribution in [-0.2, 0) is 23.2 Å². The smallest absolute Gasteiger partial charge is 0.756 e. The first-order chi connectivity index (χ1) is 24.7. The average Bonchev–Trinajstić information content (AvgIpc) is 3.12. The SMILES string of the molecule is CCCCCCCCCCCCCCCCCC(=O)C(OP(=O)([O-])OCCN)(C(=O)CCCCCCCCCCCCCCCCC)[C@@H](O)CO.[Na+]. The summed E-state index contributed by atoms with van der Waals surface area (Å²) >= 11 is 0. The molecule has 0 saturated carbocycles. The van der Waals surface area contributed by atoms with Gasteiger partial charge in [0, 0.05) is 19.4 Å². The van der Waals surface area contributed by atoms with Crippen LogP contribution in [0.25, 0.3) is 0 Å². The molecule has 0 spiro atoms. The predicted octanol–water partition coefficient (Wildman–Crippen LogP) is 7.20. The van der Waals surface area contributed by atoms with E-state index >= 15 is 0 Å². The second-order valence-electron chi connectivity index (χ2n) is 14.8. The molecule has 0 amide bonds. The van der Waals surface area contributed by atoms with Crippen LogP contribution in [-0.4, -0.2) is 53.2 Å². The van der Waals surface area contributed by atoms with Crippen LogP contribution >= 0.6 is 7.82 Å². The van der Waals surface area contributed by atoms with Gasteiger partial charge in [0.05, 0.1) is 13.2 Å². The normalized spacial score (nSPS) is 13.5. The number of phosphoric acid groups is 1. The van der Waals surface area contributed by atoms with Crippen LogP contribution < -0.4 is 40.2 Å². The van der Waals surface area contributed by atoms with E-state index in [-0.39, 0.29) is 48.9 Å².